The normalized spacial score (nSPS) is 10.8. The first kappa shape index (κ1) is 22.0. The Bertz CT molecular complexity index is 1220. The van der Waals surface area contributed by atoms with Gasteiger partial charge in [0, 0.05) is 23.1 Å². The van der Waals surface area contributed by atoms with Gasteiger partial charge in [0.2, 0.25) is 5.91 Å². The van der Waals surface area contributed by atoms with E-state index in [-0.39, 0.29) is 11.7 Å². The van der Waals surface area contributed by atoms with Gasteiger partial charge in [0.05, 0.1) is 18.6 Å². The molecule has 32 heavy (non-hydrogen) atoms. The van der Waals surface area contributed by atoms with Crippen LogP contribution >= 0.6 is 23.1 Å². The number of hydrogen-bond donors (Lipinski definition) is 1. The Balaban J connectivity index is 1.40. The first-order valence-electron chi connectivity index (χ1n) is 10.1. The third kappa shape index (κ3) is 5.00. The lowest BCUT2D eigenvalue weighted by atomic mass is 10.1. The number of carbonyl (C=O) groups is 1. The zero-order chi connectivity index (χ0) is 22.5. The number of thioether (sulfide) groups is 1. The highest BCUT2D eigenvalue weighted by molar-refractivity contribution is 7.99. The summed E-state index contributed by atoms with van der Waals surface area (Å²) in [7, 11) is 1.63. The van der Waals surface area contributed by atoms with Crippen molar-refractivity contribution in [1.82, 2.24) is 19.7 Å². The van der Waals surface area contributed by atoms with Crippen molar-refractivity contribution in [3.8, 4) is 28.4 Å². The molecule has 4 aromatic rings. The average Bonchev–Trinajstić information content (AvgIpc) is 3.45. The second-order valence-corrected chi connectivity index (χ2v) is 8.82. The van der Waals surface area contributed by atoms with Gasteiger partial charge in [-0.3, -0.25) is 4.79 Å². The molecule has 0 spiro atoms. The van der Waals surface area contributed by atoms with Gasteiger partial charge in [0.1, 0.15) is 5.75 Å². The molecule has 4 rings (SSSR count). The minimum absolute atomic E-state index is 0.131. The molecule has 1 N–H and O–H groups in total. The number of benzene rings is 2. The molecule has 2 aromatic heterocycles. The number of anilines is 1. The molecule has 2 aromatic carbocycles. The van der Waals surface area contributed by atoms with Gasteiger partial charge >= 0.3 is 0 Å². The standard InChI is InChI=1S/C23H23N5O2S2/c1-4-28-21(17-6-5-7-18(12-17)30-3)26-27-23(28)32-14-20(29)25-22-24-19(13-31-22)16-10-8-15(2)9-11-16/h5-13H,4,14H2,1-3H3,(H,24,25,29). The van der Waals surface area contributed by atoms with Crippen LogP contribution in [-0.2, 0) is 11.3 Å². The molecule has 0 bridgehead atoms. The second kappa shape index (κ2) is 9.97. The Labute approximate surface area is 194 Å². The van der Waals surface area contributed by atoms with Crippen LogP contribution in [0.2, 0.25) is 0 Å². The first-order valence-corrected chi connectivity index (χ1v) is 12.0. The molecule has 0 aliphatic rings. The van der Waals surface area contributed by atoms with Crippen LogP contribution in [0.25, 0.3) is 22.6 Å². The Kier molecular flexibility index (Phi) is 6.87. The molecule has 0 atom stereocenters. The third-order valence-corrected chi connectivity index (χ3v) is 6.52. The summed E-state index contributed by atoms with van der Waals surface area (Å²) in [6.45, 7) is 4.77. The number of aromatic nitrogens is 4. The molecule has 0 aliphatic heterocycles. The summed E-state index contributed by atoms with van der Waals surface area (Å²) >= 11 is 2.77. The first-order chi connectivity index (χ1) is 15.6. The topological polar surface area (TPSA) is 81.9 Å². The van der Waals surface area contributed by atoms with Crippen molar-refractivity contribution in [2.75, 3.05) is 18.2 Å². The lowest BCUT2D eigenvalue weighted by molar-refractivity contribution is -0.113. The lowest BCUT2D eigenvalue weighted by Gasteiger charge is -2.08. The van der Waals surface area contributed by atoms with Crippen LogP contribution in [0.3, 0.4) is 0 Å². The number of thiazole rings is 1. The molecule has 7 nitrogen and oxygen atoms in total. The molecule has 1 amide bonds. The third-order valence-electron chi connectivity index (χ3n) is 4.79. The van der Waals surface area contributed by atoms with Crippen molar-refractivity contribution in [3.63, 3.8) is 0 Å². The van der Waals surface area contributed by atoms with Gasteiger partial charge in [-0.25, -0.2) is 4.98 Å². The summed E-state index contributed by atoms with van der Waals surface area (Å²) in [6, 6.07) is 15.9. The molecular weight excluding hydrogens is 442 g/mol. The van der Waals surface area contributed by atoms with Crippen LogP contribution < -0.4 is 10.1 Å². The van der Waals surface area contributed by atoms with E-state index in [1.807, 2.05) is 72.3 Å². The Morgan fingerprint density at radius 3 is 2.72 bits per heavy atom. The molecule has 9 heteroatoms. The fourth-order valence-corrected chi connectivity index (χ4v) is 4.67. The summed E-state index contributed by atoms with van der Waals surface area (Å²) in [4.78, 5) is 17.0. The molecule has 0 saturated heterocycles. The fourth-order valence-electron chi connectivity index (χ4n) is 3.13. The number of methoxy groups -OCH3 is 1. The predicted molar refractivity (Wildman–Crippen MR) is 129 cm³/mol. The maximum absolute atomic E-state index is 12.5. The van der Waals surface area contributed by atoms with Gasteiger partial charge in [0.25, 0.3) is 0 Å². The summed E-state index contributed by atoms with van der Waals surface area (Å²) in [5.41, 5.74) is 4.00. The highest BCUT2D eigenvalue weighted by Crippen LogP contribution is 2.28. The molecular formula is C23H23N5O2S2. The molecule has 0 radical (unpaired) electrons. The van der Waals surface area contributed by atoms with Gasteiger partial charge in [0.15, 0.2) is 16.1 Å². The number of hydrogen-bond acceptors (Lipinski definition) is 7. The Hall–Kier alpha value is -3.17. The average molecular weight is 466 g/mol. The number of nitrogens with zero attached hydrogens (tertiary/aromatic N) is 4. The van der Waals surface area contributed by atoms with Crippen LogP contribution in [0.1, 0.15) is 12.5 Å². The number of aryl methyl sites for hydroxylation is 1. The van der Waals surface area contributed by atoms with Crippen molar-refractivity contribution >= 4 is 34.1 Å². The van der Waals surface area contributed by atoms with Crippen molar-refractivity contribution in [3.05, 3.63) is 59.5 Å². The quantitative estimate of drug-likeness (QED) is 0.363. The number of nitrogens with one attached hydrogen (secondary N) is 1. The van der Waals surface area contributed by atoms with E-state index in [0.29, 0.717) is 16.8 Å². The zero-order valence-corrected chi connectivity index (χ0v) is 19.7. The van der Waals surface area contributed by atoms with Crippen LogP contribution in [0, 0.1) is 6.92 Å². The van der Waals surface area contributed by atoms with Crippen molar-refractivity contribution in [2.45, 2.75) is 25.5 Å². The van der Waals surface area contributed by atoms with Crippen LogP contribution in [0.4, 0.5) is 5.13 Å². The highest BCUT2D eigenvalue weighted by atomic mass is 32.2. The summed E-state index contributed by atoms with van der Waals surface area (Å²) in [5, 5.41) is 14.7. The van der Waals surface area contributed by atoms with Crippen molar-refractivity contribution in [2.24, 2.45) is 0 Å². The molecule has 0 fully saturated rings. The van der Waals surface area contributed by atoms with Gasteiger partial charge < -0.3 is 14.6 Å². The van der Waals surface area contributed by atoms with Crippen LogP contribution in [0.5, 0.6) is 5.75 Å². The van der Waals surface area contributed by atoms with Crippen LogP contribution in [-0.4, -0.2) is 38.5 Å². The number of ether oxygens (including phenoxy) is 1. The summed E-state index contributed by atoms with van der Waals surface area (Å²) in [5.74, 6) is 1.59. The molecule has 164 valence electrons. The van der Waals surface area contributed by atoms with Gasteiger partial charge in [-0.2, -0.15) is 0 Å². The molecule has 0 aliphatic carbocycles. The van der Waals surface area contributed by atoms with E-state index < -0.39 is 0 Å². The molecule has 0 unspecified atom stereocenters. The minimum atomic E-state index is -0.131. The smallest absolute Gasteiger partial charge is 0.236 e. The number of amides is 1. The summed E-state index contributed by atoms with van der Waals surface area (Å²) < 4.78 is 7.30. The van der Waals surface area contributed by atoms with E-state index in [2.05, 4.69) is 20.5 Å². The van der Waals surface area contributed by atoms with Crippen LogP contribution in [0.15, 0.2) is 59.1 Å². The van der Waals surface area contributed by atoms with E-state index >= 15 is 0 Å². The fraction of sp³-hybridized carbons (Fsp3) is 0.217. The number of carbonyl (C=O) groups excluding carboxylic acids is 1. The van der Waals surface area contributed by atoms with E-state index in [0.717, 1.165) is 28.4 Å². The van der Waals surface area contributed by atoms with Gasteiger partial charge in [-0.1, -0.05) is 53.7 Å². The van der Waals surface area contributed by atoms with E-state index in [9.17, 15) is 4.79 Å². The lowest BCUT2D eigenvalue weighted by Crippen LogP contribution is -2.14. The zero-order valence-electron chi connectivity index (χ0n) is 18.0. The minimum Gasteiger partial charge on any atom is -0.497 e. The van der Waals surface area contributed by atoms with E-state index in [1.165, 1.54) is 28.7 Å². The van der Waals surface area contributed by atoms with Crippen molar-refractivity contribution < 1.29 is 9.53 Å². The maximum atomic E-state index is 12.5. The Morgan fingerprint density at radius 1 is 1.16 bits per heavy atom. The molecule has 0 saturated carbocycles. The Morgan fingerprint density at radius 2 is 1.97 bits per heavy atom. The SMILES string of the molecule is CCn1c(SCC(=O)Nc2nc(-c3ccc(C)cc3)cs2)nnc1-c1cccc(OC)c1. The number of rotatable bonds is 8. The summed E-state index contributed by atoms with van der Waals surface area (Å²) in [6.07, 6.45) is 0. The largest absolute Gasteiger partial charge is 0.497 e. The predicted octanol–water partition coefficient (Wildman–Crippen LogP) is 5.14. The second-order valence-electron chi connectivity index (χ2n) is 7.02. The van der Waals surface area contributed by atoms with E-state index in [4.69, 9.17) is 4.74 Å². The maximum Gasteiger partial charge on any atom is 0.236 e. The van der Waals surface area contributed by atoms with Crippen molar-refractivity contribution in [1.29, 1.82) is 0 Å². The molecule has 2 heterocycles. The monoisotopic (exact) mass is 465 g/mol. The highest BCUT2D eigenvalue weighted by Gasteiger charge is 2.16. The van der Waals surface area contributed by atoms with Gasteiger partial charge in [-0.15, -0.1) is 21.5 Å². The van der Waals surface area contributed by atoms with Gasteiger partial charge in [-0.05, 0) is 26.0 Å². The van der Waals surface area contributed by atoms with E-state index in [1.54, 1.807) is 7.11 Å².